The van der Waals surface area contributed by atoms with Gasteiger partial charge in [0.2, 0.25) is 0 Å². The number of hydrogen-bond acceptors (Lipinski definition) is 2. The summed E-state index contributed by atoms with van der Waals surface area (Å²) in [5.74, 6) is 1.22. The first-order valence-corrected chi connectivity index (χ1v) is 7.31. The Balaban J connectivity index is 2.13. The van der Waals surface area contributed by atoms with Crippen molar-refractivity contribution in [1.29, 1.82) is 0 Å². The molecule has 2 aromatic rings. The molecule has 0 saturated heterocycles. The lowest BCUT2D eigenvalue weighted by Gasteiger charge is -2.18. The molecule has 1 unspecified atom stereocenters. The molecule has 98 valence electrons. The minimum Gasteiger partial charge on any atom is -0.491 e. The Bertz CT molecular complexity index is 583. The maximum atomic E-state index is 6.10. The second-order valence-electron chi connectivity index (χ2n) is 4.87. The van der Waals surface area contributed by atoms with Crippen LogP contribution >= 0.6 is 15.9 Å². The lowest BCUT2D eigenvalue weighted by molar-refractivity contribution is 0.318. The van der Waals surface area contributed by atoms with Gasteiger partial charge in [0.1, 0.15) is 5.75 Å². The SMILES string of the molecule is Nc1cc(Br)cc2c1OCCCC2c1ccccc1. The van der Waals surface area contributed by atoms with E-state index < -0.39 is 0 Å². The second-order valence-corrected chi connectivity index (χ2v) is 5.78. The molecule has 2 aromatic carbocycles. The number of nitrogen functional groups attached to an aromatic ring is 1. The summed E-state index contributed by atoms with van der Waals surface area (Å²) >= 11 is 3.53. The minimum atomic E-state index is 0.360. The molecule has 2 nitrogen and oxygen atoms in total. The second kappa shape index (κ2) is 5.25. The normalized spacial score (nSPS) is 18.3. The lowest BCUT2D eigenvalue weighted by atomic mass is 9.87. The Morgan fingerprint density at radius 3 is 2.74 bits per heavy atom. The number of benzene rings is 2. The van der Waals surface area contributed by atoms with Gasteiger partial charge in [-0.15, -0.1) is 0 Å². The van der Waals surface area contributed by atoms with E-state index in [-0.39, 0.29) is 0 Å². The number of rotatable bonds is 1. The first-order chi connectivity index (χ1) is 9.25. The zero-order chi connectivity index (χ0) is 13.2. The van der Waals surface area contributed by atoms with Crippen LogP contribution in [0.3, 0.4) is 0 Å². The molecule has 3 rings (SSSR count). The van der Waals surface area contributed by atoms with Crippen LogP contribution in [0.25, 0.3) is 0 Å². The van der Waals surface area contributed by atoms with Crippen LogP contribution in [0, 0.1) is 0 Å². The van der Waals surface area contributed by atoms with Crippen molar-refractivity contribution < 1.29 is 4.74 Å². The molecule has 1 heterocycles. The van der Waals surface area contributed by atoms with Crippen LogP contribution in [0.2, 0.25) is 0 Å². The van der Waals surface area contributed by atoms with Gasteiger partial charge in [0.15, 0.2) is 0 Å². The molecule has 0 saturated carbocycles. The van der Waals surface area contributed by atoms with Gasteiger partial charge in [-0.25, -0.2) is 0 Å². The summed E-state index contributed by atoms with van der Waals surface area (Å²) in [6.45, 7) is 0.738. The summed E-state index contributed by atoms with van der Waals surface area (Å²) < 4.78 is 6.85. The molecule has 19 heavy (non-hydrogen) atoms. The molecule has 0 fully saturated rings. The molecule has 0 amide bonds. The molecule has 1 aliphatic rings. The average molecular weight is 318 g/mol. The van der Waals surface area contributed by atoms with E-state index in [4.69, 9.17) is 10.5 Å². The van der Waals surface area contributed by atoms with Crippen LogP contribution in [0.1, 0.15) is 29.9 Å². The molecule has 1 aliphatic heterocycles. The van der Waals surface area contributed by atoms with Crippen molar-refractivity contribution in [1.82, 2.24) is 0 Å². The van der Waals surface area contributed by atoms with E-state index in [1.165, 1.54) is 11.1 Å². The van der Waals surface area contributed by atoms with Crippen molar-refractivity contribution in [2.24, 2.45) is 0 Å². The van der Waals surface area contributed by atoms with Gasteiger partial charge in [-0.2, -0.15) is 0 Å². The first-order valence-electron chi connectivity index (χ1n) is 6.52. The minimum absolute atomic E-state index is 0.360. The van der Waals surface area contributed by atoms with E-state index in [1.54, 1.807) is 0 Å². The van der Waals surface area contributed by atoms with Gasteiger partial charge in [0, 0.05) is 16.0 Å². The number of hydrogen-bond donors (Lipinski definition) is 1. The Kier molecular flexibility index (Phi) is 3.47. The molecule has 0 aliphatic carbocycles. The summed E-state index contributed by atoms with van der Waals surface area (Å²) in [6, 6.07) is 14.6. The Hall–Kier alpha value is -1.48. The maximum absolute atomic E-state index is 6.10. The number of fused-ring (bicyclic) bond motifs is 1. The molecule has 2 N–H and O–H groups in total. The van der Waals surface area contributed by atoms with Gasteiger partial charge >= 0.3 is 0 Å². The Labute approximate surface area is 121 Å². The third-order valence-corrected chi connectivity index (χ3v) is 4.03. The van der Waals surface area contributed by atoms with E-state index in [2.05, 4.69) is 46.3 Å². The highest BCUT2D eigenvalue weighted by Gasteiger charge is 2.23. The van der Waals surface area contributed by atoms with Crippen LogP contribution < -0.4 is 10.5 Å². The topological polar surface area (TPSA) is 35.2 Å². The van der Waals surface area contributed by atoms with Gasteiger partial charge in [-0.1, -0.05) is 46.3 Å². The van der Waals surface area contributed by atoms with E-state index >= 15 is 0 Å². The molecule has 1 atom stereocenters. The highest BCUT2D eigenvalue weighted by molar-refractivity contribution is 9.10. The van der Waals surface area contributed by atoms with Crippen LogP contribution in [0.5, 0.6) is 5.75 Å². The van der Waals surface area contributed by atoms with Crippen molar-refractivity contribution in [3.05, 3.63) is 58.1 Å². The highest BCUT2D eigenvalue weighted by atomic mass is 79.9. The third-order valence-electron chi connectivity index (χ3n) is 3.57. The van der Waals surface area contributed by atoms with Crippen LogP contribution in [-0.2, 0) is 0 Å². The summed E-state index contributed by atoms with van der Waals surface area (Å²) in [5.41, 5.74) is 9.33. The van der Waals surface area contributed by atoms with E-state index in [0.29, 0.717) is 11.6 Å². The maximum Gasteiger partial charge on any atom is 0.146 e. The number of nitrogens with two attached hydrogens (primary N) is 1. The van der Waals surface area contributed by atoms with E-state index in [9.17, 15) is 0 Å². The lowest BCUT2D eigenvalue weighted by Crippen LogP contribution is -2.02. The zero-order valence-corrected chi connectivity index (χ0v) is 12.2. The summed E-state index contributed by atoms with van der Waals surface area (Å²) in [7, 11) is 0. The predicted molar refractivity (Wildman–Crippen MR) is 81.6 cm³/mol. The van der Waals surface area contributed by atoms with Gasteiger partial charge < -0.3 is 10.5 Å². The standard InChI is InChI=1S/C16H16BrNO/c17-12-9-14-13(11-5-2-1-3-6-11)7-4-8-19-16(14)15(18)10-12/h1-3,5-6,9-10,13H,4,7-8,18H2. The van der Waals surface area contributed by atoms with Crippen LogP contribution in [0.15, 0.2) is 46.9 Å². The largest absolute Gasteiger partial charge is 0.491 e. The molecular formula is C16H16BrNO. The fourth-order valence-corrected chi connectivity index (χ4v) is 3.20. The van der Waals surface area contributed by atoms with Gasteiger partial charge in [-0.3, -0.25) is 0 Å². The van der Waals surface area contributed by atoms with E-state index in [0.717, 1.165) is 29.7 Å². The summed E-state index contributed by atoms with van der Waals surface area (Å²) in [4.78, 5) is 0. The average Bonchev–Trinajstić information content (AvgIpc) is 2.62. The summed E-state index contributed by atoms with van der Waals surface area (Å²) in [6.07, 6.45) is 2.14. The molecule has 3 heteroatoms. The first kappa shape index (κ1) is 12.5. The van der Waals surface area contributed by atoms with Crippen LogP contribution in [-0.4, -0.2) is 6.61 Å². The number of halogens is 1. The fourth-order valence-electron chi connectivity index (χ4n) is 2.71. The fraction of sp³-hybridized carbons (Fsp3) is 0.250. The van der Waals surface area contributed by atoms with Crippen molar-refractivity contribution in [3.63, 3.8) is 0 Å². The van der Waals surface area contributed by atoms with Crippen LogP contribution in [0.4, 0.5) is 5.69 Å². The Morgan fingerprint density at radius 1 is 1.16 bits per heavy atom. The van der Waals surface area contributed by atoms with Crippen molar-refractivity contribution in [2.75, 3.05) is 12.3 Å². The molecule has 0 bridgehead atoms. The van der Waals surface area contributed by atoms with E-state index in [1.807, 2.05) is 12.1 Å². The molecule has 0 spiro atoms. The number of ether oxygens (including phenoxy) is 1. The van der Waals surface area contributed by atoms with Crippen molar-refractivity contribution >= 4 is 21.6 Å². The van der Waals surface area contributed by atoms with Gasteiger partial charge in [0.25, 0.3) is 0 Å². The zero-order valence-electron chi connectivity index (χ0n) is 10.6. The number of anilines is 1. The molecular weight excluding hydrogens is 302 g/mol. The monoisotopic (exact) mass is 317 g/mol. The van der Waals surface area contributed by atoms with Crippen molar-refractivity contribution in [2.45, 2.75) is 18.8 Å². The highest BCUT2D eigenvalue weighted by Crippen LogP contribution is 2.42. The third kappa shape index (κ3) is 2.47. The quantitative estimate of drug-likeness (QED) is 0.794. The molecule has 0 radical (unpaired) electrons. The predicted octanol–water partition coefficient (Wildman–Crippen LogP) is 4.34. The smallest absolute Gasteiger partial charge is 0.146 e. The molecule has 0 aromatic heterocycles. The van der Waals surface area contributed by atoms with Gasteiger partial charge in [0.05, 0.1) is 12.3 Å². The Morgan fingerprint density at radius 2 is 1.95 bits per heavy atom. The van der Waals surface area contributed by atoms with Crippen molar-refractivity contribution in [3.8, 4) is 5.75 Å². The van der Waals surface area contributed by atoms with Gasteiger partial charge in [-0.05, 0) is 30.5 Å². The summed E-state index contributed by atoms with van der Waals surface area (Å²) in [5, 5.41) is 0.